The summed E-state index contributed by atoms with van der Waals surface area (Å²) in [6.07, 6.45) is 13.3. The third-order valence-corrected chi connectivity index (χ3v) is 11.9. The smallest absolute Gasteiger partial charge is 0.231 e. The van der Waals surface area contributed by atoms with Crippen LogP contribution in [-0.2, 0) is 9.59 Å². The van der Waals surface area contributed by atoms with Gasteiger partial charge in [-0.1, -0.05) is 47.6 Å². The summed E-state index contributed by atoms with van der Waals surface area (Å²) in [5.74, 6) is 1.37. The van der Waals surface area contributed by atoms with Crippen LogP contribution in [0.15, 0.2) is 18.2 Å². The van der Waals surface area contributed by atoms with E-state index < -0.39 is 0 Å². The summed E-state index contributed by atoms with van der Waals surface area (Å²) < 4.78 is 0. The Morgan fingerprint density at radius 1 is 0.526 bits per heavy atom. The van der Waals surface area contributed by atoms with Gasteiger partial charge in [0.1, 0.15) is 11.6 Å². The van der Waals surface area contributed by atoms with E-state index in [0.29, 0.717) is 11.6 Å². The molecule has 0 aliphatic heterocycles. The number of hydrogen-bond acceptors (Lipinski definition) is 3. The molecule has 0 atom stereocenters. The highest BCUT2D eigenvalue weighted by Gasteiger charge is 2.67. The van der Waals surface area contributed by atoms with Crippen molar-refractivity contribution in [2.75, 3.05) is 10.6 Å². The van der Waals surface area contributed by atoms with Crippen molar-refractivity contribution < 1.29 is 9.59 Å². The fraction of sp³-hybridized carbons (Fsp3) is 0.788. The topological polar surface area (TPSA) is 71.1 Å². The molecule has 8 aliphatic rings. The third-order valence-electron chi connectivity index (χ3n) is 11.9. The molecule has 1 aromatic rings. The second-order valence-corrected chi connectivity index (χ2v) is 17.9. The van der Waals surface area contributed by atoms with Gasteiger partial charge in [0.05, 0.1) is 10.8 Å². The van der Waals surface area contributed by atoms with Gasteiger partial charge in [0, 0.05) is 0 Å². The Bertz CT molecular complexity index is 1050. The number of nitrogens with zero attached hydrogens (tertiary/aromatic N) is 1. The van der Waals surface area contributed by atoms with Crippen LogP contribution < -0.4 is 10.6 Å². The highest BCUT2D eigenvalue weighted by molar-refractivity contribution is 5.97. The maximum Gasteiger partial charge on any atom is 0.231 e. The third kappa shape index (κ3) is 3.73. The maximum absolute atomic E-state index is 13.9. The van der Waals surface area contributed by atoms with E-state index in [-0.39, 0.29) is 55.1 Å². The molecule has 2 N–H and O–H groups in total. The maximum atomic E-state index is 13.9. The molecule has 5 heteroatoms. The summed E-state index contributed by atoms with van der Waals surface area (Å²) in [5, 5.41) is 6.43. The lowest BCUT2D eigenvalue weighted by molar-refractivity contribution is -0.188. The average molecular weight is 518 g/mol. The highest BCUT2D eigenvalue weighted by Crippen LogP contribution is 2.75. The van der Waals surface area contributed by atoms with E-state index >= 15 is 0 Å². The molecule has 38 heavy (non-hydrogen) atoms. The normalized spacial score (nSPS) is 51.7. The Labute approximate surface area is 228 Å². The van der Waals surface area contributed by atoms with Crippen LogP contribution in [0.1, 0.15) is 119 Å². The van der Waals surface area contributed by atoms with Crippen molar-refractivity contribution in [3.63, 3.8) is 0 Å². The zero-order chi connectivity index (χ0) is 27.0. The second kappa shape index (κ2) is 7.04. The molecule has 1 aromatic heterocycles. The Morgan fingerprint density at radius 3 is 1.05 bits per heavy atom. The molecule has 0 unspecified atom stereocenters. The number of carbonyl (C=O) groups excluding carboxylic acids is 2. The van der Waals surface area contributed by atoms with Crippen molar-refractivity contribution in [3.8, 4) is 0 Å². The van der Waals surface area contributed by atoms with Crippen molar-refractivity contribution in [3.05, 3.63) is 18.2 Å². The van der Waals surface area contributed by atoms with Crippen LogP contribution >= 0.6 is 0 Å². The molecule has 206 valence electrons. The van der Waals surface area contributed by atoms with Gasteiger partial charge in [-0.2, -0.15) is 0 Å². The molecule has 8 saturated carbocycles. The molecule has 8 aliphatic carbocycles. The number of aromatic nitrogens is 1. The lowest BCUT2D eigenvalue weighted by Crippen LogP contribution is -2.62. The predicted molar refractivity (Wildman–Crippen MR) is 150 cm³/mol. The molecule has 2 amide bonds. The van der Waals surface area contributed by atoms with Crippen LogP contribution in [0.25, 0.3) is 0 Å². The predicted octanol–water partition coefficient (Wildman–Crippen LogP) is 7.73. The lowest BCUT2D eigenvalue weighted by atomic mass is 9.36. The number of nitrogens with one attached hydrogen (secondary N) is 2. The van der Waals surface area contributed by atoms with Crippen molar-refractivity contribution in [1.29, 1.82) is 0 Å². The van der Waals surface area contributed by atoms with Gasteiger partial charge in [0.2, 0.25) is 11.8 Å². The second-order valence-electron chi connectivity index (χ2n) is 17.9. The molecular weight excluding hydrogens is 470 g/mol. The highest BCUT2D eigenvalue weighted by atomic mass is 16.2. The number of amides is 2. The summed E-state index contributed by atoms with van der Waals surface area (Å²) >= 11 is 0. The summed E-state index contributed by atoms with van der Waals surface area (Å²) in [6.45, 7) is 14.4. The van der Waals surface area contributed by atoms with Crippen LogP contribution in [0, 0.1) is 43.3 Å². The average Bonchev–Trinajstić information content (AvgIpc) is 2.67. The van der Waals surface area contributed by atoms with Crippen LogP contribution in [0.2, 0.25) is 0 Å². The van der Waals surface area contributed by atoms with Gasteiger partial charge in [0.15, 0.2) is 0 Å². The fourth-order valence-electron chi connectivity index (χ4n) is 14.1. The van der Waals surface area contributed by atoms with Gasteiger partial charge in [-0.15, -0.1) is 0 Å². The molecule has 0 aromatic carbocycles. The number of pyridine rings is 1. The minimum Gasteiger partial charge on any atom is -0.310 e. The monoisotopic (exact) mass is 517 g/mol. The van der Waals surface area contributed by atoms with Gasteiger partial charge < -0.3 is 10.6 Å². The van der Waals surface area contributed by atoms with E-state index in [1.165, 1.54) is 38.5 Å². The van der Waals surface area contributed by atoms with Crippen LogP contribution in [0.3, 0.4) is 0 Å². The first-order valence-electron chi connectivity index (χ1n) is 15.1. The lowest BCUT2D eigenvalue weighted by Gasteiger charge is -2.68. The zero-order valence-electron chi connectivity index (χ0n) is 24.5. The molecule has 0 radical (unpaired) electrons. The van der Waals surface area contributed by atoms with E-state index in [4.69, 9.17) is 4.98 Å². The first kappa shape index (κ1) is 25.1. The van der Waals surface area contributed by atoms with Crippen molar-refractivity contribution in [2.45, 2.75) is 119 Å². The van der Waals surface area contributed by atoms with E-state index in [2.05, 4.69) is 52.2 Å². The van der Waals surface area contributed by atoms with Gasteiger partial charge in [0.25, 0.3) is 0 Å². The molecular formula is C33H47N3O2. The van der Waals surface area contributed by atoms with Crippen molar-refractivity contribution in [2.24, 2.45) is 43.3 Å². The molecule has 0 saturated heterocycles. The Hall–Kier alpha value is -1.91. The number of hydrogen-bond donors (Lipinski definition) is 2. The Balaban J connectivity index is 1.10. The van der Waals surface area contributed by atoms with Gasteiger partial charge in [-0.05, 0) is 122 Å². The summed E-state index contributed by atoms with van der Waals surface area (Å²) in [7, 11) is 0. The van der Waals surface area contributed by atoms with E-state index in [1.54, 1.807) is 0 Å². The van der Waals surface area contributed by atoms with E-state index in [1.807, 2.05) is 18.2 Å². The quantitative estimate of drug-likeness (QED) is 0.429. The van der Waals surface area contributed by atoms with Crippen LogP contribution in [-0.4, -0.2) is 16.8 Å². The van der Waals surface area contributed by atoms with Gasteiger partial charge in [-0.3, -0.25) is 9.59 Å². The van der Waals surface area contributed by atoms with Crippen LogP contribution in [0.5, 0.6) is 0 Å². The first-order chi connectivity index (χ1) is 17.5. The SMILES string of the molecule is CC12CC3(C)CC(C)(C1)CC(C(=O)Nc1cccc(NC(=O)C45CC6(C)CC(C)(CC(C)(C6)C4)C5)n1)(C2)C3. The van der Waals surface area contributed by atoms with Gasteiger partial charge in [-0.25, -0.2) is 4.98 Å². The van der Waals surface area contributed by atoms with Crippen molar-refractivity contribution >= 4 is 23.5 Å². The molecule has 8 bridgehead atoms. The van der Waals surface area contributed by atoms with Gasteiger partial charge >= 0.3 is 0 Å². The van der Waals surface area contributed by atoms with Crippen LogP contribution in [0.4, 0.5) is 11.6 Å². The number of rotatable bonds is 4. The molecule has 5 nitrogen and oxygen atoms in total. The summed E-state index contributed by atoms with van der Waals surface area (Å²) in [5.41, 5.74) is 0.880. The minimum atomic E-state index is -0.312. The molecule has 9 rings (SSSR count). The molecule has 0 spiro atoms. The summed E-state index contributed by atoms with van der Waals surface area (Å²) in [6, 6.07) is 5.64. The fourth-order valence-corrected chi connectivity index (χ4v) is 14.1. The number of carbonyl (C=O) groups is 2. The standard InChI is InChI=1S/C33H47N3O2/c1-26-10-27(2)12-28(3,11-26)18-32(16-26,17-27)24(37)35-22-8-7-9-23(34-22)36-25(38)33-19-29(4)13-30(5,20-33)15-31(6,14-29)21-33/h7-9H,10-21H2,1-6H3,(H2,34,35,36,37,38). The minimum absolute atomic E-state index is 0.131. The summed E-state index contributed by atoms with van der Waals surface area (Å²) in [4.78, 5) is 32.6. The van der Waals surface area contributed by atoms with E-state index in [0.717, 1.165) is 38.5 Å². The largest absolute Gasteiger partial charge is 0.310 e. The molecule has 1 heterocycles. The molecule has 8 fully saturated rings. The zero-order valence-corrected chi connectivity index (χ0v) is 24.5. The van der Waals surface area contributed by atoms with Crippen molar-refractivity contribution in [1.82, 2.24) is 4.98 Å². The number of anilines is 2. The Morgan fingerprint density at radius 2 is 0.789 bits per heavy atom. The van der Waals surface area contributed by atoms with E-state index in [9.17, 15) is 9.59 Å². The first-order valence-corrected chi connectivity index (χ1v) is 15.1. The Kier molecular flexibility index (Phi) is 4.65.